The zero-order valence-electron chi connectivity index (χ0n) is 32.1. The summed E-state index contributed by atoms with van der Waals surface area (Å²) < 4.78 is 10.5. The maximum Gasteiger partial charge on any atom is 0.306 e. The zero-order chi connectivity index (χ0) is 36.4. The van der Waals surface area contributed by atoms with Gasteiger partial charge in [0, 0.05) is 12.8 Å². The van der Waals surface area contributed by atoms with E-state index in [-0.39, 0.29) is 31.6 Å². The van der Waals surface area contributed by atoms with Gasteiger partial charge in [0.25, 0.3) is 0 Å². The van der Waals surface area contributed by atoms with Crippen molar-refractivity contribution < 1.29 is 24.2 Å². The zero-order valence-corrected chi connectivity index (χ0v) is 32.1. The van der Waals surface area contributed by atoms with Crippen LogP contribution < -0.4 is 0 Å². The molecule has 0 heterocycles. The van der Waals surface area contributed by atoms with Crippen LogP contribution in [0.1, 0.15) is 168 Å². The molecule has 0 bridgehead atoms. The Morgan fingerprint density at radius 2 is 0.840 bits per heavy atom. The second-order valence-electron chi connectivity index (χ2n) is 13.0. The summed E-state index contributed by atoms with van der Waals surface area (Å²) in [6.07, 6.45) is 55.0. The number of ether oxygens (including phenoxy) is 2. The number of aliphatic hydroxyl groups is 1. The quantitative estimate of drug-likeness (QED) is 0.0406. The van der Waals surface area contributed by atoms with E-state index in [1.54, 1.807) is 0 Å². The molecule has 0 radical (unpaired) electrons. The van der Waals surface area contributed by atoms with E-state index < -0.39 is 6.10 Å². The summed E-state index contributed by atoms with van der Waals surface area (Å²) in [4.78, 5) is 24.2. The predicted molar refractivity (Wildman–Crippen MR) is 214 cm³/mol. The highest BCUT2D eigenvalue weighted by molar-refractivity contribution is 5.70. The van der Waals surface area contributed by atoms with Crippen molar-refractivity contribution in [3.63, 3.8) is 0 Å². The summed E-state index contributed by atoms with van der Waals surface area (Å²) in [6.45, 7) is 4.00. The Morgan fingerprint density at radius 1 is 0.460 bits per heavy atom. The van der Waals surface area contributed by atoms with E-state index in [1.165, 1.54) is 77.0 Å². The summed E-state index contributed by atoms with van der Waals surface area (Å²) in [5.74, 6) is -0.703. The van der Waals surface area contributed by atoms with Gasteiger partial charge in [0.15, 0.2) is 6.10 Å². The number of esters is 2. The SMILES string of the molecule is CCCCC/C=C\C/C=C\C/C=C\C/C=C\C/C=C\CCC(=O)OC[C@H](CO)OC(=O)CCCCCCCCC/C=C\C/C=C\CCCCC. The molecule has 1 N–H and O–H groups in total. The van der Waals surface area contributed by atoms with E-state index in [4.69, 9.17) is 9.47 Å². The van der Waals surface area contributed by atoms with Gasteiger partial charge in [-0.15, -0.1) is 0 Å². The molecule has 0 aromatic carbocycles. The number of carbonyl (C=O) groups is 2. The fraction of sp³-hybridized carbons (Fsp3) is 0.644. The molecule has 0 amide bonds. The average Bonchev–Trinajstić information content (AvgIpc) is 3.12. The second kappa shape index (κ2) is 40.5. The molecule has 0 aliphatic carbocycles. The lowest BCUT2D eigenvalue weighted by Crippen LogP contribution is -2.28. The highest BCUT2D eigenvalue weighted by Crippen LogP contribution is 2.11. The molecule has 5 heteroatoms. The lowest BCUT2D eigenvalue weighted by molar-refractivity contribution is -0.161. The van der Waals surface area contributed by atoms with E-state index in [0.717, 1.165) is 57.8 Å². The van der Waals surface area contributed by atoms with E-state index >= 15 is 0 Å². The molecular weight excluding hydrogens is 620 g/mol. The van der Waals surface area contributed by atoms with Crippen LogP contribution in [-0.4, -0.2) is 36.4 Å². The third-order valence-electron chi connectivity index (χ3n) is 8.17. The van der Waals surface area contributed by atoms with Gasteiger partial charge in [0.05, 0.1) is 6.61 Å². The van der Waals surface area contributed by atoms with Crippen molar-refractivity contribution in [3.8, 4) is 0 Å². The Bertz CT molecular complexity index is 968. The number of allylic oxidation sites excluding steroid dienone is 14. The minimum absolute atomic E-state index is 0.113. The van der Waals surface area contributed by atoms with Crippen molar-refractivity contribution in [1.29, 1.82) is 0 Å². The molecule has 0 aliphatic heterocycles. The van der Waals surface area contributed by atoms with Gasteiger partial charge in [-0.2, -0.15) is 0 Å². The van der Waals surface area contributed by atoms with Crippen molar-refractivity contribution >= 4 is 11.9 Å². The van der Waals surface area contributed by atoms with Crippen molar-refractivity contribution in [2.45, 2.75) is 174 Å². The van der Waals surface area contributed by atoms with Gasteiger partial charge in [-0.05, 0) is 83.5 Å². The van der Waals surface area contributed by atoms with Crippen LogP contribution in [0.4, 0.5) is 0 Å². The summed E-state index contributed by atoms with van der Waals surface area (Å²) in [7, 11) is 0. The number of hydrogen-bond acceptors (Lipinski definition) is 5. The maximum absolute atomic E-state index is 12.2. The van der Waals surface area contributed by atoms with Crippen LogP contribution in [0, 0.1) is 0 Å². The molecule has 0 fully saturated rings. The van der Waals surface area contributed by atoms with Crippen LogP contribution in [-0.2, 0) is 19.1 Å². The Hall–Kier alpha value is -2.92. The molecule has 5 nitrogen and oxygen atoms in total. The summed E-state index contributed by atoms with van der Waals surface area (Å²) in [6, 6.07) is 0. The minimum atomic E-state index is -0.810. The predicted octanol–water partition coefficient (Wildman–Crippen LogP) is 12.7. The van der Waals surface area contributed by atoms with Crippen molar-refractivity contribution in [1.82, 2.24) is 0 Å². The van der Waals surface area contributed by atoms with Crippen LogP contribution >= 0.6 is 0 Å². The Labute approximate surface area is 307 Å². The molecule has 0 rings (SSSR count). The fourth-order valence-electron chi connectivity index (χ4n) is 5.09. The van der Waals surface area contributed by atoms with Crippen molar-refractivity contribution in [2.75, 3.05) is 13.2 Å². The molecule has 50 heavy (non-hydrogen) atoms. The van der Waals surface area contributed by atoms with E-state index in [2.05, 4.69) is 86.8 Å². The third kappa shape index (κ3) is 37.9. The van der Waals surface area contributed by atoms with Crippen LogP contribution in [0.5, 0.6) is 0 Å². The molecule has 0 aliphatic rings. The van der Waals surface area contributed by atoms with Crippen LogP contribution in [0.15, 0.2) is 85.1 Å². The van der Waals surface area contributed by atoms with Gasteiger partial charge in [-0.25, -0.2) is 0 Å². The molecule has 1 atom stereocenters. The first-order chi connectivity index (χ1) is 24.6. The molecule has 0 aromatic rings. The molecule has 0 saturated carbocycles. The van der Waals surface area contributed by atoms with Gasteiger partial charge < -0.3 is 14.6 Å². The Balaban J connectivity index is 3.72. The standard InChI is InChI=1S/C45H74O5/c1-3-5-7-9-11-13-15-17-19-21-22-24-25-27-29-31-33-35-37-39-44(47)49-42-43(41-46)50-45(48)40-38-36-34-32-30-28-26-23-20-18-16-14-12-10-8-6-4-2/h11-14,17-20,22,24,27,29,33,35,43,46H,3-10,15-16,21,23,25-26,28,30-32,34,36-42H2,1-2H3/b13-11-,14-12-,19-17-,20-18-,24-22-,29-27-,35-33-/t43-/m0/s1. The first kappa shape index (κ1) is 47.1. The van der Waals surface area contributed by atoms with Gasteiger partial charge in [-0.1, -0.05) is 157 Å². The molecule has 0 aromatic heterocycles. The first-order valence-corrected chi connectivity index (χ1v) is 20.1. The molecule has 0 unspecified atom stereocenters. The number of carbonyl (C=O) groups excluding carboxylic acids is 2. The normalized spacial score (nSPS) is 13.1. The van der Waals surface area contributed by atoms with Gasteiger partial charge in [0.2, 0.25) is 0 Å². The van der Waals surface area contributed by atoms with Crippen molar-refractivity contribution in [2.24, 2.45) is 0 Å². The summed E-state index contributed by atoms with van der Waals surface area (Å²) >= 11 is 0. The highest BCUT2D eigenvalue weighted by atomic mass is 16.6. The molecule has 284 valence electrons. The van der Waals surface area contributed by atoms with Crippen LogP contribution in [0.2, 0.25) is 0 Å². The maximum atomic E-state index is 12.2. The summed E-state index contributed by atoms with van der Waals surface area (Å²) in [5, 5.41) is 9.55. The monoisotopic (exact) mass is 695 g/mol. The third-order valence-corrected chi connectivity index (χ3v) is 8.17. The molecular formula is C45H74O5. The second-order valence-corrected chi connectivity index (χ2v) is 13.0. The number of aliphatic hydroxyl groups excluding tert-OH is 1. The number of unbranched alkanes of at least 4 members (excludes halogenated alkanes) is 13. The number of rotatable bonds is 35. The minimum Gasteiger partial charge on any atom is -0.462 e. The highest BCUT2D eigenvalue weighted by Gasteiger charge is 2.15. The van der Waals surface area contributed by atoms with Crippen LogP contribution in [0.25, 0.3) is 0 Å². The average molecular weight is 695 g/mol. The van der Waals surface area contributed by atoms with E-state index in [0.29, 0.717) is 12.8 Å². The first-order valence-electron chi connectivity index (χ1n) is 20.1. The van der Waals surface area contributed by atoms with Crippen LogP contribution in [0.3, 0.4) is 0 Å². The molecule has 0 spiro atoms. The topological polar surface area (TPSA) is 72.8 Å². The largest absolute Gasteiger partial charge is 0.462 e. The molecule has 0 saturated heterocycles. The summed E-state index contributed by atoms with van der Waals surface area (Å²) in [5.41, 5.74) is 0. The van der Waals surface area contributed by atoms with Gasteiger partial charge in [-0.3, -0.25) is 9.59 Å². The number of hydrogen-bond donors (Lipinski definition) is 1. The lowest BCUT2D eigenvalue weighted by atomic mass is 10.1. The van der Waals surface area contributed by atoms with Gasteiger partial charge in [0.1, 0.15) is 6.61 Å². The Morgan fingerprint density at radius 3 is 1.28 bits per heavy atom. The van der Waals surface area contributed by atoms with Crippen molar-refractivity contribution in [3.05, 3.63) is 85.1 Å². The lowest BCUT2D eigenvalue weighted by Gasteiger charge is -2.15. The Kier molecular flexibility index (Phi) is 38.1. The van der Waals surface area contributed by atoms with E-state index in [1.807, 2.05) is 12.2 Å². The smallest absolute Gasteiger partial charge is 0.306 e. The van der Waals surface area contributed by atoms with E-state index in [9.17, 15) is 14.7 Å². The fourth-order valence-corrected chi connectivity index (χ4v) is 5.09. The van der Waals surface area contributed by atoms with Gasteiger partial charge >= 0.3 is 11.9 Å².